The SMILES string of the molecule is Cc1ccc([C@H](C)NC(=O)c2ccc(NS(=O)(=O)c3ccc(C)cc3)cc2)cc1. The molecule has 2 N–H and O–H groups in total. The Morgan fingerprint density at radius 1 is 0.793 bits per heavy atom. The number of carbonyl (C=O) groups is 1. The molecule has 0 heterocycles. The van der Waals surface area contributed by atoms with Crippen molar-refractivity contribution >= 4 is 21.6 Å². The standard InChI is InChI=1S/C23H24N2O3S/c1-16-4-8-19(9-5-16)18(3)24-23(26)20-10-12-21(13-11-20)25-29(27,28)22-14-6-17(2)7-15-22/h4-15,18,25H,1-3H3,(H,24,26)/t18-/m0/s1. The van der Waals surface area contributed by atoms with Gasteiger partial charge in [0.1, 0.15) is 0 Å². The molecular weight excluding hydrogens is 384 g/mol. The van der Waals surface area contributed by atoms with Crippen LogP contribution in [-0.4, -0.2) is 14.3 Å². The van der Waals surface area contributed by atoms with E-state index in [0.29, 0.717) is 11.3 Å². The van der Waals surface area contributed by atoms with Crippen molar-refractivity contribution in [2.24, 2.45) is 0 Å². The molecule has 1 amide bonds. The molecule has 0 fully saturated rings. The van der Waals surface area contributed by atoms with E-state index in [0.717, 1.165) is 16.7 Å². The van der Waals surface area contributed by atoms with Crippen molar-refractivity contribution in [1.82, 2.24) is 5.32 Å². The maximum atomic E-state index is 12.5. The average molecular weight is 409 g/mol. The lowest BCUT2D eigenvalue weighted by molar-refractivity contribution is 0.0940. The fourth-order valence-electron chi connectivity index (χ4n) is 2.84. The van der Waals surface area contributed by atoms with Gasteiger partial charge in [-0.25, -0.2) is 8.42 Å². The number of rotatable bonds is 6. The summed E-state index contributed by atoms with van der Waals surface area (Å²) in [5.41, 5.74) is 4.03. The highest BCUT2D eigenvalue weighted by atomic mass is 32.2. The predicted octanol–water partition coefficient (Wildman–Crippen LogP) is 4.60. The molecule has 0 bridgehead atoms. The third-order valence-corrected chi connectivity index (χ3v) is 6.05. The molecule has 29 heavy (non-hydrogen) atoms. The summed E-state index contributed by atoms with van der Waals surface area (Å²) in [6.07, 6.45) is 0. The van der Waals surface area contributed by atoms with E-state index in [9.17, 15) is 13.2 Å². The zero-order valence-corrected chi connectivity index (χ0v) is 17.5. The van der Waals surface area contributed by atoms with Gasteiger partial charge in [-0.2, -0.15) is 0 Å². The summed E-state index contributed by atoms with van der Waals surface area (Å²) in [5, 5.41) is 2.95. The zero-order valence-electron chi connectivity index (χ0n) is 16.6. The van der Waals surface area contributed by atoms with Crippen LogP contribution in [0, 0.1) is 13.8 Å². The Morgan fingerprint density at radius 3 is 1.86 bits per heavy atom. The van der Waals surface area contributed by atoms with E-state index in [1.54, 1.807) is 48.5 Å². The van der Waals surface area contributed by atoms with Gasteiger partial charge in [-0.15, -0.1) is 0 Å². The number of hydrogen-bond donors (Lipinski definition) is 2. The van der Waals surface area contributed by atoms with Crippen LogP contribution in [0.1, 0.15) is 40.0 Å². The number of amides is 1. The van der Waals surface area contributed by atoms with E-state index in [4.69, 9.17) is 0 Å². The number of benzene rings is 3. The molecule has 5 nitrogen and oxygen atoms in total. The molecule has 0 aliphatic carbocycles. The summed E-state index contributed by atoms with van der Waals surface area (Å²) < 4.78 is 27.5. The number of sulfonamides is 1. The first-order chi connectivity index (χ1) is 13.7. The molecule has 3 aromatic rings. The molecule has 0 aliphatic heterocycles. The molecule has 0 saturated heterocycles. The van der Waals surface area contributed by atoms with Crippen LogP contribution in [0.4, 0.5) is 5.69 Å². The van der Waals surface area contributed by atoms with Crippen LogP contribution in [0.2, 0.25) is 0 Å². The lowest BCUT2D eigenvalue weighted by atomic mass is 10.1. The van der Waals surface area contributed by atoms with E-state index >= 15 is 0 Å². The van der Waals surface area contributed by atoms with E-state index in [2.05, 4.69) is 10.0 Å². The molecule has 1 atom stereocenters. The molecule has 150 valence electrons. The minimum atomic E-state index is -3.67. The van der Waals surface area contributed by atoms with Crippen molar-refractivity contribution in [2.75, 3.05) is 4.72 Å². The quantitative estimate of drug-likeness (QED) is 0.626. The van der Waals surface area contributed by atoms with E-state index in [-0.39, 0.29) is 16.8 Å². The van der Waals surface area contributed by atoms with Crippen LogP contribution >= 0.6 is 0 Å². The first-order valence-corrected chi connectivity index (χ1v) is 10.8. The van der Waals surface area contributed by atoms with Gasteiger partial charge in [-0.1, -0.05) is 47.5 Å². The summed E-state index contributed by atoms with van der Waals surface area (Å²) in [6, 6.07) is 20.8. The molecule has 0 radical (unpaired) electrons. The fraction of sp³-hybridized carbons (Fsp3) is 0.174. The van der Waals surface area contributed by atoms with Gasteiger partial charge in [-0.05, 0) is 62.7 Å². The summed E-state index contributed by atoms with van der Waals surface area (Å²) in [7, 11) is -3.67. The van der Waals surface area contributed by atoms with Gasteiger partial charge in [0.2, 0.25) is 0 Å². The van der Waals surface area contributed by atoms with Crippen molar-refractivity contribution in [3.05, 3.63) is 95.1 Å². The second-order valence-corrected chi connectivity index (χ2v) is 8.78. The molecule has 3 rings (SSSR count). The fourth-order valence-corrected chi connectivity index (χ4v) is 3.90. The number of carbonyl (C=O) groups excluding carboxylic acids is 1. The van der Waals surface area contributed by atoms with Crippen LogP contribution in [0.5, 0.6) is 0 Å². The Morgan fingerprint density at radius 2 is 1.31 bits per heavy atom. The molecule has 3 aromatic carbocycles. The van der Waals surface area contributed by atoms with E-state index < -0.39 is 10.0 Å². The van der Waals surface area contributed by atoms with Crippen molar-refractivity contribution in [3.63, 3.8) is 0 Å². The summed E-state index contributed by atoms with van der Waals surface area (Å²) in [5.74, 6) is -0.217. The largest absolute Gasteiger partial charge is 0.346 e. The number of hydrogen-bond acceptors (Lipinski definition) is 3. The highest BCUT2D eigenvalue weighted by molar-refractivity contribution is 7.92. The van der Waals surface area contributed by atoms with Gasteiger partial charge >= 0.3 is 0 Å². The monoisotopic (exact) mass is 408 g/mol. The summed E-state index contributed by atoms with van der Waals surface area (Å²) in [6.45, 7) is 5.83. The number of aryl methyl sites for hydroxylation is 2. The summed E-state index contributed by atoms with van der Waals surface area (Å²) >= 11 is 0. The number of anilines is 1. The minimum Gasteiger partial charge on any atom is -0.346 e. The number of nitrogens with one attached hydrogen (secondary N) is 2. The first kappa shape index (κ1) is 20.6. The Balaban J connectivity index is 1.67. The van der Waals surface area contributed by atoms with Crippen LogP contribution < -0.4 is 10.0 Å². The molecule has 6 heteroatoms. The molecular formula is C23H24N2O3S. The first-order valence-electron chi connectivity index (χ1n) is 9.31. The lowest BCUT2D eigenvalue weighted by Crippen LogP contribution is -2.26. The zero-order chi connectivity index (χ0) is 21.0. The normalized spacial score (nSPS) is 12.2. The third kappa shape index (κ3) is 5.23. The van der Waals surface area contributed by atoms with Crippen molar-refractivity contribution in [2.45, 2.75) is 31.7 Å². The second-order valence-electron chi connectivity index (χ2n) is 7.10. The van der Waals surface area contributed by atoms with Crippen LogP contribution in [-0.2, 0) is 10.0 Å². The minimum absolute atomic E-state index is 0.136. The molecule has 0 unspecified atom stereocenters. The van der Waals surface area contributed by atoms with Crippen molar-refractivity contribution in [1.29, 1.82) is 0 Å². The Bertz CT molecular complexity index is 1090. The highest BCUT2D eigenvalue weighted by Crippen LogP contribution is 2.18. The molecule has 0 saturated carbocycles. The van der Waals surface area contributed by atoms with E-state index in [1.165, 1.54) is 0 Å². The van der Waals surface area contributed by atoms with Gasteiger partial charge in [0.05, 0.1) is 10.9 Å². The smallest absolute Gasteiger partial charge is 0.261 e. The Labute approximate surface area is 171 Å². The maximum Gasteiger partial charge on any atom is 0.261 e. The van der Waals surface area contributed by atoms with Crippen molar-refractivity contribution < 1.29 is 13.2 Å². The van der Waals surface area contributed by atoms with Crippen molar-refractivity contribution in [3.8, 4) is 0 Å². The van der Waals surface area contributed by atoms with Gasteiger partial charge < -0.3 is 5.32 Å². The third-order valence-electron chi connectivity index (χ3n) is 4.66. The van der Waals surface area contributed by atoms with Crippen LogP contribution in [0.3, 0.4) is 0 Å². The average Bonchev–Trinajstić information content (AvgIpc) is 2.69. The highest BCUT2D eigenvalue weighted by Gasteiger charge is 2.15. The van der Waals surface area contributed by atoms with Crippen LogP contribution in [0.25, 0.3) is 0 Å². The predicted molar refractivity (Wildman–Crippen MR) is 115 cm³/mol. The van der Waals surface area contributed by atoms with E-state index in [1.807, 2.05) is 45.0 Å². The second kappa shape index (κ2) is 8.49. The summed E-state index contributed by atoms with van der Waals surface area (Å²) in [4.78, 5) is 12.7. The van der Waals surface area contributed by atoms with Gasteiger partial charge in [0.25, 0.3) is 15.9 Å². The van der Waals surface area contributed by atoms with Gasteiger partial charge in [-0.3, -0.25) is 9.52 Å². The Hall–Kier alpha value is -3.12. The lowest BCUT2D eigenvalue weighted by Gasteiger charge is -2.15. The Kier molecular flexibility index (Phi) is 6.03. The molecule has 0 spiro atoms. The molecule has 0 aliphatic rings. The van der Waals surface area contributed by atoms with Gasteiger partial charge in [0.15, 0.2) is 0 Å². The topological polar surface area (TPSA) is 75.3 Å². The van der Waals surface area contributed by atoms with Crippen LogP contribution in [0.15, 0.2) is 77.7 Å². The molecule has 0 aromatic heterocycles. The maximum absolute atomic E-state index is 12.5. The van der Waals surface area contributed by atoms with Gasteiger partial charge in [0, 0.05) is 11.3 Å².